The van der Waals surface area contributed by atoms with Crippen LogP contribution in [0, 0.1) is 29.0 Å². The Bertz CT molecular complexity index is 971. The Morgan fingerprint density at radius 1 is 1.21 bits per heavy atom. The van der Waals surface area contributed by atoms with Gasteiger partial charge in [-0.2, -0.15) is 5.10 Å². The molecular weight excluding hydrogens is 423 g/mol. The fraction of sp³-hybridized carbons (Fsp3) is 0.654. The van der Waals surface area contributed by atoms with Crippen molar-refractivity contribution in [3.8, 4) is 5.75 Å². The van der Waals surface area contributed by atoms with Crippen molar-refractivity contribution in [1.29, 1.82) is 0 Å². The van der Waals surface area contributed by atoms with Crippen LogP contribution in [-0.2, 0) is 4.79 Å². The Morgan fingerprint density at radius 2 is 1.91 bits per heavy atom. The minimum Gasteiger partial charge on any atom is -0.493 e. The molecule has 178 valence electrons. The van der Waals surface area contributed by atoms with Gasteiger partial charge in [0.15, 0.2) is 6.04 Å². The van der Waals surface area contributed by atoms with Gasteiger partial charge >= 0.3 is 5.97 Å². The summed E-state index contributed by atoms with van der Waals surface area (Å²) in [5, 5.41) is 14.1. The number of carboxylic acids is 1. The second-order valence-corrected chi connectivity index (χ2v) is 11.2. The third-order valence-electron chi connectivity index (χ3n) is 7.95. The summed E-state index contributed by atoms with van der Waals surface area (Å²) < 4.78 is 21.4. The zero-order valence-electron chi connectivity index (χ0n) is 19.4. The van der Waals surface area contributed by atoms with Gasteiger partial charge in [0.2, 0.25) is 0 Å². The summed E-state index contributed by atoms with van der Waals surface area (Å²) in [6.07, 6.45) is 9.68. The fourth-order valence-electron chi connectivity index (χ4n) is 6.59. The van der Waals surface area contributed by atoms with Crippen molar-refractivity contribution in [2.45, 2.75) is 77.2 Å². The third-order valence-corrected chi connectivity index (χ3v) is 7.95. The van der Waals surface area contributed by atoms with E-state index in [2.05, 4.69) is 18.9 Å². The first-order valence-electron chi connectivity index (χ1n) is 12.3. The summed E-state index contributed by atoms with van der Waals surface area (Å²) in [5.74, 6) is 0.533. The van der Waals surface area contributed by atoms with Gasteiger partial charge in [-0.1, -0.05) is 13.8 Å². The van der Waals surface area contributed by atoms with E-state index in [4.69, 9.17) is 4.74 Å². The number of rotatable bonds is 6. The molecule has 0 saturated heterocycles. The smallest absolute Gasteiger partial charge is 0.329 e. The van der Waals surface area contributed by atoms with Gasteiger partial charge < -0.3 is 9.84 Å². The predicted molar refractivity (Wildman–Crippen MR) is 122 cm³/mol. The van der Waals surface area contributed by atoms with Gasteiger partial charge in [0.25, 0.3) is 5.91 Å². The number of fused-ring (bicyclic) bond motifs is 2. The first kappa shape index (κ1) is 22.4. The molecular formula is C26H33FN2O4. The fourth-order valence-corrected chi connectivity index (χ4v) is 6.59. The summed E-state index contributed by atoms with van der Waals surface area (Å²) in [6.45, 7) is 5.21. The number of hydrazone groups is 1. The zero-order valence-corrected chi connectivity index (χ0v) is 19.4. The predicted octanol–water partition coefficient (Wildman–Crippen LogP) is 5.22. The minimum absolute atomic E-state index is 0.0818. The molecule has 6 nitrogen and oxygen atoms in total. The highest BCUT2D eigenvalue weighted by Crippen LogP contribution is 2.51. The van der Waals surface area contributed by atoms with Gasteiger partial charge in [-0.25, -0.2) is 14.2 Å². The number of hydrogen-bond acceptors (Lipinski definition) is 4. The molecule has 1 aromatic carbocycles. The van der Waals surface area contributed by atoms with Gasteiger partial charge in [0, 0.05) is 24.1 Å². The summed E-state index contributed by atoms with van der Waals surface area (Å²) >= 11 is 0. The van der Waals surface area contributed by atoms with Crippen molar-refractivity contribution >= 4 is 18.1 Å². The van der Waals surface area contributed by atoms with Crippen LogP contribution in [0.3, 0.4) is 0 Å². The van der Waals surface area contributed by atoms with E-state index >= 15 is 4.39 Å². The quantitative estimate of drug-likeness (QED) is 0.637. The van der Waals surface area contributed by atoms with Gasteiger partial charge in [0.05, 0.1) is 12.2 Å². The van der Waals surface area contributed by atoms with Gasteiger partial charge in [-0.15, -0.1) is 0 Å². The van der Waals surface area contributed by atoms with Crippen LogP contribution >= 0.6 is 0 Å². The van der Waals surface area contributed by atoms with Gasteiger partial charge in [0.1, 0.15) is 11.6 Å². The van der Waals surface area contributed by atoms with E-state index in [1.807, 2.05) is 0 Å². The molecule has 2 bridgehead atoms. The molecule has 0 radical (unpaired) electrons. The molecule has 1 heterocycles. The molecule has 3 saturated carbocycles. The molecule has 1 aliphatic heterocycles. The highest BCUT2D eigenvalue weighted by molar-refractivity contribution is 5.99. The maximum absolute atomic E-state index is 15.1. The second kappa shape index (κ2) is 8.41. The van der Waals surface area contributed by atoms with Crippen LogP contribution in [0.5, 0.6) is 5.75 Å². The summed E-state index contributed by atoms with van der Waals surface area (Å²) in [7, 11) is 0. The molecule has 1 aromatic rings. The molecule has 0 aromatic heterocycles. The number of carbonyl (C=O) groups is 2. The number of carboxylic acid groups (broad SMARTS) is 1. The number of benzene rings is 1. The largest absolute Gasteiger partial charge is 0.493 e. The Hall–Kier alpha value is -2.44. The maximum atomic E-state index is 15.1. The standard InChI is InChI=1S/C26H33FN2O4/c1-15-7-16-9-17(8-15)13-26(2,12-16)14-33-23-11-21(27)20(10-19(23)18-3-4-18)24(30)29-22(25(31)32)5-6-28-29/h6,10-11,15-18,22H,3-5,7-9,12-14H2,1-2H3,(H,31,32)/t15?,16-,17?,22?,26?/m1/s1. The van der Waals surface area contributed by atoms with E-state index in [-0.39, 0.29) is 23.3 Å². The average Bonchev–Trinajstić information content (AvgIpc) is 3.45. The van der Waals surface area contributed by atoms with E-state index in [9.17, 15) is 14.7 Å². The van der Waals surface area contributed by atoms with Crippen LogP contribution in [-0.4, -0.2) is 40.9 Å². The Balaban J connectivity index is 1.35. The number of nitrogens with zero attached hydrogens (tertiary/aromatic N) is 2. The Kier molecular flexibility index (Phi) is 5.69. The number of ether oxygens (including phenoxy) is 1. The number of amides is 1. The molecule has 3 aliphatic carbocycles. The monoisotopic (exact) mass is 456 g/mol. The van der Waals surface area contributed by atoms with Crippen LogP contribution in [0.25, 0.3) is 0 Å². The molecule has 4 aliphatic rings. The van der Waals surface area contributed by atoms with Crippen LogP contribution in [0.2, 0.25) is 0 Å². The highest BCUT2D eigenvalue weighted by Gasteiger charge is 2.42. The molecule has 1 amide bonds. The van der Waals surface area contributed by atoms with Gasteiger partial charge in [-0.3, -0.25) is 4.79 Å². The number of aliphatic carboxylic acids is 1. The first-order chi connectivity index (χ1) is 15.7. The second-order valence-electron chi connectivity index (χ2n) is 11.2. The molecule has 33 heavy (non-hydrogen) atoms. The minimum atomic E-state index is -1.15. The third kappa shape index (κ3) is 4.51. The summed E-state index contributed by atoms with van der Waals surface area (Å²) in [6, 6.07) is 1.80. The highest BCUT2D eigenvalue weighted by atomic mass is 19.1. The van der Waals surface area contributed by atoms with Crippen LogP contribution in [0.4, 0.5) is 4.39 Å². The molecule has 4 unspecified atom stereocenters. The lowest BCUT2D eigenvalue weighted by Gasteiger charge is -2.47. The van der Waals surface area contributed by atoms with E-state index < -0.39 is 23.7 Å². The molecule has 7 heteroatoms. The molecule has 5 atom stereocenters. The SMILES string of the molecule is CC1CC2C[C@@H](C1)CC(C)(COc1cc(F)c(C(=O)N3N=CCC3C(=O)O)cc1C1CC1)C2. The lowest BCUT2D eigenvalue weighted by Crippen LogP contribution is -2.39. The van der Waals surface area contributed by atoms with E-state index in [0.717, 1.165) is 54.0 Å². The van der Waals surface area contributed by atoms with E-state index in [0.29, 0.717) is 12.4 Å². The Morgan fingerprint density at radius 3 is 2.55 bits per heavy atom. The number of hydrogen-bond donors (Lipinski definition) is 1. The van der Waals surface area contributed by atoms with Crippen molar-refractivity contribution in [2.24, 2.45) is 28.3 Å². The van der Waals surface area contributed by atoms with E-state index in [1.165, 1.54) is 31.5 Å². The number of carbonyl (C=O) groups excluding carboxylic acids is 1. The van der Waals surface area contributed by atoms with E-state index in [1.54, 1.807) is 6.07 Å². The van der Waals surface area contributed by atoms with Crippen LogP contribution in [0.1, 0.15) is 87.1 Å². The summed E-state index contributed by atoms with van der Waals surface area (Å²) in [4.78, 5) is 24.4. The van der Waals surface area contributed by atoms with Crippen molar-refractivity contribution in [2.75, 3.05) is 6.61 Å². The molecule has 5 rings (SSSR count). The lowest BCUT2D eigenvalue weighted by atomic mass is 9.60. The summed E-state index contributed by atoms with van der Waals surface area (Å²) in [5.41, 5.74) is 0.795. The molecule has 3 fully saturated rings. The van der Waals surface area contributed by atoms with Crippen LogP contribution in [0.15, 0.2) is 17.2 Å². The maximum Gasteiger partial charge on any atom is 0.329 e. The van der Waals surface area contributed by atoms with Crippen LogP contribution < -0.4 is 4.74 Å². The van der Waals surface area contributed by atoms with Crippen molar-refractivity contribution in [1.82, 2.24) is 5.01 Å². The van der Waals surface area contributed by atoms with Gasteiger partial charge in [-0.05, 0) is 80.2 Å². The van der Waals surface area contributed by atoms with Crippen molar-refractivity contribution in [3.63, 3.8) is 0 Å². The lowest BCUT2D eigenvalue weighted by molar-refractivity contribution is -0.141. The Labute approximate surface area is 194 Å². The normalized spacial score (nSPS) is 33.2. The topological polar surface area (TPSA) is 79.2 Å². The zero-order chi connectivity index (χ0) is 23.3. The number of halogens is 1. The van der Waals surface area contributed by atoms with Crippen molar-refractivity contribution < 1.29 is 23.8 Å². The first-order valence-corrected chi connectivity index (χ1v) is 12.3. The molecule has 1 N–H and O–H groups in total. The average molecular weight is 457 g/mol. The molecule has 0 spiro atoms. The van der Waals surface area contributed by atoms with Crippen molar-refractivity contribution in [3.05, 3.63) is 29.1 Å².